The third kappa shape index (κ3) is 3.45. The van der Waals surface area contributed by atoms with Gasteiger partial charge in [0.05, 0.1) is 17.7 Å². The van der Waals surface area contributed by atoms with E-state index in [9.17, 15) is 9.59 Å². The van der Waals surface area contributed by atoms with Crippen LogP contribution in [0.2, 0.25) is 0 Å². The molecule has 0 radical (unpaired) electrons. The lowest BCUT2D eigenvalue weighted by molar-refractivity contribution is -0.115. The van der Waals surface area contributed by atoms with Gasteiger partial charge in [-0.2, -0.15) is 0 Å². The summed E-state index contributed by atoms with van der Waals surface area (Å²) in [4.78, 5) is 23.1. The Labute approximate surface area is 124 Å². The van der Waals surface area contributed by atoms with E-state index in [1.807, 2.05) is 30.3 Å². The molecule has 0 unspecified atom stereocenters. The second-order valence-electron chi connectivity index (χ2n) is 4.18. The topological polar surface area (TPSA) is 66.4 Å². The number of carbonyl (C=O) groups excluding carboxylic acids is 1. The zero-order chi connectivity index (χ0) is 14.5. The van der Waals surface area contributed by atoms with Crippen molar-refractivity contribution in [1.82, 2.24) is 0 Å². The number of nitrogens with one attached hydrogen (secondary N) is 1. The predicted octanol–water partition coefficient (Wildman–Crippen LogP) is 3.33. The lowest BCUT2D eigenvalue weighted by Gasteiger charge is -2.10. The maximum Gasteiger partial charge on any atom is 0.337 e. The summed E-state index contributed by atoms with van der Waals surface area (Å²) in [7, 11) is 0. The van der Waals surface area contributed by atoms with Crippen LogP contribution in [0, 0.1) is 0 Å². The largest absolute Gasteiger partial charge is 0.478 e. The van der Waals surface area contributed by atoms with Crippen molar-refractivity contribution in [2.45, 2.75) is 6.42 Å². The van der Waals surface area contributed by atoms with Crippen LogP contribution in [0.5, 0.6) is 0 Å². The number of halogens is 1. The SMILES string of the molecule is O=C(Cc1ccccc1)Nc1c(Br)cccc1C(=O)O. The molecule has 0 aromatic heterocycles. The molecule has 0 saturated heterocycles. The van der Waals surface area contributed by atoms with Crippen LogP contribution in [0.3, 0.4) is 0 Å². The van der Waals surface area contributed by atoms with Crippen molar-refractivity contribution in [3.63, 3.8) is 0 Å². The van der Waals surface area contributed by atoms with Gasteiger partial charge < -0.3 is 10.4 Å². The summed E-state index contributed by atoms with van der Waals surface area (Å²) in [5.41, 5.74) is 1.20. The number of aromatic carboxylic acids is 1. The van der Waals surface area contributed by atoms with Crippen molar-refractivity contribution in [3.05, 3.63) is 64.1 Å². The number of carboxylic acids is 1. The van der Waals surface area contributed by atoms with Crippen LogP contribution in [0.1, 0.15) is 15.9 Å². The molecule has 2 aromatic carbocycles. The highest BCUT2D eigenvalue weighted by atomic mass is 79.9. The average molecular weight is 334 g/mol. The molecule has 2 aromatic rings. The van der Waals surface area contributed by atoms with E-state index in [0.29, 0.717) is 4.47 Å². The van der Waals surface area contributed by atoms with Gasteiger partial charge in [-0.1, -0.05) is 36.4 Å². The van der Waals surface area contributed by atoms with Gasteiger partial charge in [0, 0.05) is 4.47 Å². The minimum atomic E-state index is -1.08. The maximum atomic E-state index is 12.0. The molecule has 0 heterocycles. The van der Waals surface area contributed by atoms with Crippen molar-refractivity contribution in [2.24, 2.45) is 0 Å². The number of hydrogen-bond acceptors (Lipinski definition) is 2. The number of para-hydroxylation sites is 1. The highest BCUT2D eigenvalue weighted by molar-refractivity contribution is 9.10. The van der Waals surface area contributed by atoms with Gasteiger partial charge in [0.15, 0.2) is 0 Å². The Morgan fingerprint density at radius 3 is 2.40 bits per heavy atom. The van der Waals surface area contributed by atoms with E-state index in [1.165, 1.54) is 6.07 Å². The Bertz CT molecular complexity index is 641. The van der Waals surface area contributed by atoms with E-state index in [2.05, 4.69) is 21.2 Å². The number of rotatable bonds is 4. The fraction of sp³-hybridized carbons (Fsp3) is 0.0667. The molecule has 0 aliphatic heterocycles. The summed E-state index contributed by atoms with van der Waals surface area (Å²) >= 11 is 3.25. The molecule has 20 heavy (non-hydrogen) atoms. The Morgan fingerprint density at radius 2 is 1.75 bits per heavy atom. The second kappa shape index (κ2) is 6.34. The van der Waals surface area contributed by atoms with E-state index in [4.69, 9.17) is 5.11 Å². The van der Waals surface area contributed by atoms with Gasteiger partial charge >= 0.3 is 5.97 Å². The van der Waals surface area contributed by atoms with Crippen molar-refractivity contribution in [1.29, 1.82) is 0 Å². The Morgan fingerprint density at radius 1 is 1.05 bits per heavy atom. The minimum absolute atomic E-state index is 0.0563. The van der Waals surface area contributed by atoms with Gasteiger partial charge in [0.25, 0.3) is 0 Å². The smallest absolute Gasteiger partial charge is 0.337 e. The normalized spacial score (nSPS) is 10.1. The maximum absolute atomic E-state index is 12.0. The van der Waals surface area contributed by atoms with Gasteiger partial charge in [-0.05, 0) is 33.6 Å². The first kappa shape index (κ1) is 14.3. The average Bonchev–Trinajstić information content (AvgIpc) is 2.42. The van der Waals surface area contributed by atoms with Gasteiger partial charge in [-0.3, -0.25) is 4.79 Å². The third-order valence-electron chi connectivity index (χ3n) is 2.72. The summed E-state index contributed by atoms with van der Waals surface area (Å²) in [6, 6.07) is 14.0. The van der Waals surface area contributed by atoms with E-state index in [1.54, 1.807) is 12.1 Å². The van der Waals surface area contributed by atoms with E-state index in [-0.39, 0.29) is 23.6 Å². The summed E-state index contributed by atoms with van der Waals surface area (Å²) in [6.45, 7) is 0. The molecular formula is C15H12BrNO3. The van der Waals surface area contributed by atoms with Crippen LogP contribution in [0.4, 0.5) is 5.69 Å². The highest BCUT2D eigenvalue weighted by Gasteiger charge is 2.15. The summed E-state index contributed by atoms with van der Waals surface area (Å²) in [6.07, 6.45) is 0.196. The zero-order valence-electron chi connectivity index (χ0n) is 10.5. The van der Waals surface area contributed by atoms with Crippen molar-refractivity contribution < 1.29 is 14.7 Å². The third-order valence-corrected chi connectivity index (χ3v) is 3.38. The fourth-order valence-corrected chi connectivity index (χ4v) is 2.26. The molecule has 0 spiro atoms. The monoisotopic (exact) mass is 333 g/mol. The number of hydrogen-bond donors (Lipinski definition) is 2. The first-order valence-corrected chi connectivity index (χ1v) is 6.73. The molecule has 0 atom stereocenters. The second-order valence-corrected chi connectivity index (χ2v) is 5.03. The number of anilines is 1. The molecule has 0 fully saturated rings. The molecule has 0 saturated carbocycles. The lowest BCUT2D eigenvalue weighted by Crippen LogP contribution is -2.17. The molecule has 4 nitrogen and oxygen atoms in total. The van der Waals surface area contributed by atoms with Crippen LogP contribution in [-0.4, -0.2) is 17.0 Å². The highest BCUT2D eigenvalue weighted by Crippen LogP contribution is 2.26. The van der Waals surface area contributed by atoms with Gasteiger partial charge in [0.1, 0.15) is 0 Å². The van der Waals surface area contributed by atoms with Crippen molar-refractivity contribution >= 4 is 33.5 Å². The molecule has 1 amide bonds. The number of carbonyl (C=O) groups is 2. The first-order valence-electron chi connectivity index (χ1n) is 5.93. The van der Waals surface area contributed by atoms with E-state index >= 15 is 0 Å². The van der Waals surface area contributed by atoms with Crippen LogP contribution in [0.25, 0.3) is 0 Å². The standard InChI is InChI=1S/C15H12BrNO3/c16-12-8-4-7-11(15(19)20)14(12)17-13(18)9-10-5-2-1-3-6-10/h1-8H,9H2,(H,17,18)(H,19,20). The van der Waals surface area contributed by atoms with E-state index < -0.39 is 5.97 Å². The number of benzene rings is 2. The van der Waals surface area contributed by atoms with Gasteiger partial charge in [-0.25, -0.2) is 4.79 Å². The molecule has 102 valence electrons. The predicted molar refractivity (Wildman–Crippen MR) is 79.9 cm³/mol. The van der Waals surface area contributed by atoms with Crippen molar-refractivity contribution in [3.8, 4) is 0 Å². The Kier molecular flexibility index (Phi) is 4.53. The Balaban J connectivity index is 2.18. The van der Waals surface area contributed by atoms with Crippen LogP contribution >= 0.6 is 15.9 Å². The molecule has 0 aliphatic carbocycles. The summed E-state index contributed by atoms with van der Waals surface area (Å²) in [5, 5.41) is 11.8. The molecule has 2 rings (SSSR count). The van der Waals surface area contributed by atoms with Gasteiger partial charge in [-0.15, -0.1) is 0 Å². The van der Waals surface area contributed by atoms with Gasteiger partial charge in [0.2, 0.25) is 5.91 Å². The molecule has 5 heteroatoms. The van der Waals surface area contributed by atoms with E-state index in [0.717, 1.165) is 5.56 Å². The summed E-state index contributed by atoms with van der Waals surface area (Å²) in [5.74, 6) is -1.34. The first-order chi connectivity index (χ1) is 9.58. The van der Waals surface area contributed by atoms with Crippen LogP contribution in [-0.2, 0) is 11.2 Å². The van der Waals surface area contributed by atoms with Crippen LogP contribution in [0.15, 0.2) is 53.0 Å². The quantitative estimate of drug-likeness (QED) is 0.901. The number of amides is 1. The number of carboxylic acid groups (broad SMARTS) is 1. The fourth-order valence-electron chi connectivity index (χ4n) is 1.79. The lowest BCUT2D eigenvalue weighted by atomic mass is 10.1. The van der Waals surface area contributed by atoms with Crippen molar-refractivity contribution in [2.75, 3.05) is 5.32 Å². The zero-order valence-corrected chi connectivity index (χ0v) is 12.1. The van der Waals surface area contributed by atoms with Crippen LogP contribution < -0.4 is 5.32 Å². The summed E-state index contributed by atoms with van der Waals surface area (Å²) < 4.78 is 0.541. The minimum Gasteiger partial charge on any atom is -0.478 e. The molecule has 0 bridgehead atoms. The molecule has 0 aliphatic rings. The molecule has 2 N–H and O–H groups in total. The Hall–Kier alpha value is -2.14. The molecular weight excluding hydrogens is 322 g/mol.